The van der Waals surface area contributed by atoms with Gasteiger partial charge in [0.05, 0.1) is 0 Å². The van der Waals surface area contributed by atoms with Gasteiger partial charge in [-0.25, -0.2) is 0 Å². The largest absolute Gasteiger partial charge is 0.488 e. The molecule has 0 bridgehead atoms. The van der Waals surface area contributed by atoms with E-state index in [9.17, 15) is 0 Å². The molecule has 0 unspecified atom stereocenters. The maximum Gasteiger partial charge on any atom is 0.191 e. The second-order valence-electron chi connectivity index (χ2n) is 9.28. The van der Waals surface area contributed by atoms with Gasteiger partial charge >= 0.3 is 0 Å². The third-order valence-electron chi connectivity index (χ3n) is 5.36. The standard InChI is InChI=1S/C24H38N6O.HI/c1-18-12-13-19(20(16-18)31-24(2,3)4)17-27-23(25-5)26-14-9-11-22-29-28-21-10-7-6-8-15-30(21)22;/h12-13,16H,6-11,14-15,17H2,1-5H3,(H2,25,26,27);1H. The first-order valence-electron chi connectivity index (χ1n) is 11.5. The molecule has 0 fully saturated rings. The van der Waals surface area contributed by atoms with Crippen LogP contribution >= 0.6 is 24.0 Å². The Morgan fingerprint density at radius 3 is 2.72 bits per heavy atom. The van der Waals surface area contributed by atoms with Crippen LogP contribution in [0, 0.1) is 6.92 Å². The molecule has 0 saturated carbocycles. The summed E-state index contributed by atoms with van der Waals surface area (Å²) in [7, 11) is 1.80. The smallest absolute Gasteiger partial charge is 0.191 e. The van der Waals surface area contributed by atoms with Gasteiger partial charge in [0.15, 0.2) is 5.96 Å². The van der Waals surface area contributed by atoms with Gasteiger partial charge in [-0.3, -0.25) is 4.99 Å². The summed E-state index contributed by atoms with van der Waals surface area (Å²) in [6, 6.07) is 6.33. The predicted molar refractivity (Wildman–Crippen MR) is 141 cm³/mol. The fourth-order valence-corrected chi connectivity index (χ4v) is 3.82. The highest BCUT2D eigenvalue weighted by molar-refractivity contribution is 14.0. The van der Waals surface area contributed by atoms with E-state index in [4.69, 9.17) is 4.74 Å². The van der Waals surface area contributed by atoms with E-state index in [1.165, 1.54) is 24.8 Å². The summed E-state index contributed by atoms with van der Waals surface area (Å²) in [6.07, 6.45) is 6.72. The number of nitrogens with one attached hydrogen (secondary N) is 2. The molecule has 178 valence electrons. The second-order valence-corrected chi connectivity index (χ2v) is 9.28. The predicted octanol–water partition coefficient (Wildman–Crippen LogP) is 4.41. The van der Waals surface area contributed by atoms with Gasteiger partial charge in [0, 0.05) is 45.1 Å². The number of hydrogen-bond donors (Lipinski definition) is 2. The lowest BCUT2D eigenvalue weighted by Gasteiger charge is -2.24. The normalized spacial score (nSPS) is 14.2. The molecular formula is C24H39IN6O. The van der Waals surface area contributed by atoms with Crippen molar-refractivity contribution in [2.45, 2.75) is 84.9 Å². The maximum absolute atomic E-state index is 6.16. The molecule has 7 nitrogen and oxygen atoms in total. The molecule has 0 aliphatic carbocycles. The molecule has 0 amide bonds. The Bertz CT molecular complexity index is 887. The fraction of sp³-hybridized carbons (Fsp3) is 0.625. The van der Waals surface area contributed by atoms with E-state index in [-0.39, 0.29) is 29.6 Å². The number of guanidine groups is 1. The highest BCUT2D eigenvalue weighted by atomic mass is 127. The molecule has 0 radical (unpaired) electrons. The maximum atomic E-state index is 6.16. The Morgan fingerprint density at radius 2 is 1.97 bits per heavy atom. The van der Waals surface area contributed by atoms with E-state index in [0.29, 0.717) is 6.54 Å². The average molecular weight is 555 g/mol. The van der Waals surface area contributed by atoms with Crippen molar-refractivity contribution in [3.8, 4) is 5.75 Å². The van der Waals surface area contributed by atoms with Gasteiger partial charge in [0.2, 0.25) is 0 Å². The van der Waals surface area contributed by atoms with Crippen molar-refractivity contribution in [1.29, 1.82) is 0 Å². The minimum atomic E-state index is -0.234. The minimum absolute atomic E-state index is 0. The lowest BCUT2D eigenvalue weighted by atomic mass is 10.1. The van der Waals surface area contributed by atoms with E-state index in [1.807, 2.05) is 0 Å². The lowest BCUT2D eigenvalue weighted by Crippen LogP contribution is -2.37. The van der Waals surface area contributed by atoms with Crippen molar-refractivity contribution in [3.63, 3.8) is 0 Å². The van der Waals surface area contributed by atoms with Gasteiger partial charge in [0.1, 0.15) is 23.0 Å². The summed E-state index contributed by atoms with van der Waals surface area (Å²) in [4.78, 5) is 4.36. The molecule has 0 atom stereocenters. The zero-order valence-corrected chi connectivity index (χ0v) is 22.5. The number of benzene rings is 1. The van der Waals surface area contributed by atoms with E-state index < -0.39 is 0 Å². The topological polar surface area (TPSA) is 76.4 Å². The summed E-state index contributed by atoms with van der Waals surface area (Å²) in [5, 5.41) is 15.6. The van der Waals surface area contributed by atoms with Gasteiger partial charge in [-0.2, -0.15) is 0 Å². The van der Waals surface area contributed by atoms with E-state index in [2.05, 4.69) is 76.3 Å². The number of rotatable bonds is 7. The number of aliphatic imine (C=N–C) groups is 1. The van der Waals surface area contributed by atoms with Gasteiger partial charge in [-0.1, -0.05) is 18.6 Å². The van der Waals surface area contributed by atoms with Crippen LogP contribution in [0.5, 0.6) is 5.75 Å². The molecule has 2 N–H and O–H groups in total. The molecular weight excluding hydrogens is 515 g/mol. The number of fused-ring (bicyclic) bond motifs is 1. The van der Waals surface area contributed by atoms with Crippen LogP contribution in [0.4, 0.5) is 0 Å². The van der Waals surface area contributed by atoms with Gasteiger partial charge in [-0.15, -0.1) is 34.2 Å². The highest BCUT2D eigenvalue weighted by Crippen LogP contribution is 2.24. The molecule has 1 aromatic heterocycles. The molecule has 0 saturated heterocycles. The number of nitrogens with zero attached hydrogens (tertiary/aromatic N) is 4. The molecule has 2 heterocycles. The van der Waals surface area contributed by atoms with Crippen LogP contribution in [0.2, 0.25) is 0 Å². The number of hydrogen-bond acceptors (Lipinski definition) is 4. The zero-order valence-electron chi connectivity index (χ0n) is 20.2. The molecule has 2 aromatic rings. The fourth-order valence-electron chi connectivity index (χ4n) is 3.82. The number of ether oxygens (including phenoxy) is 1. The first-order valence-corrected chi connectivity index (χ1v) is 11.5. The molecule has 1 aliphatic heterocycles. The lowest BCUT2D eigenvalue weighted by molar-refractivity contribution is 0.129. The van der Waals surface area contributed by atoms with Crippen molar-refractivity contribution in [2.24, 2.45) is 4.99 Å². The van der Waals surface area contributed by atoms with Crippen LogP contribution in [0.15, 0.2) is 23.2 Å². The molecule has 1 aliphatic rings. The summed E-state index contributed by atoms with van der Waals surface area (Å²) < 4.78 is 8.49. The molecule has 32 heavy (non-hydrogen) atoms. The average Bonchev–Trinajstić information content (AvgIpc) is 2.93. The SMILES string of the molecule is CN=C(NCCCc1nnc2n1CCCCC2)NCc1ccc(C)cc1OC(C)(C)C.I. The van der Waals surface area contributed by atoms with Crippen molar-refractivity contribution < 1.29 is 4.74 Å². The third kappa shape index (κ3) is 7.94. The highest BCUT2D eigenvalue weighted by Gasteiger charge is 2.16. The van der Waals surface area contributed by atoms with Crippen LogP contribution in [-0.2, 0) is 25.9 Å². The van der Waals surface area contributed by atoms with Gasteiger partial charge in [-0.05, 0) is 58.6 Å². The number of aryl methyl sites for hydroxylation is 3. The van der Waals surface area contributed by atoms with Crippen LogP contribution in [0.25, 0.3) is 0 Å². The first-order chi connectivity index (χ1) is 14.9. The van der Waals surface area contributed by atoms with Crippen LogP contribution in [0.3, 0.4) is 0 Å². The minimum Gasteiger partial charge on any atom is -0.488 e. The summed E-state index contributed by atoms with van der Waals surface area (Å²) in [5.74, 6) is 3.99. The van der Waals surface area contributed by atoms with Crippen LogP contribution < -0.4 is 15.4 Å². The summed E-state index contributed by atoms with van der Waals surface area (Å²) in [6.45, 7) is 10.8. The Hall–Kier alpha value is -1.84. The van der Waals surface area contributed by atoms with Gasteiger partial charge < -0.3 is 19.9 Å². The monoisotopic (exact) mass is 554 g/mol. The second kappa shape index (κ2) is 12.4. The Balaban J connectivity index is 0.00000363. The van der Waals surface area contributed by atoms with Gasteiger partial charge in [0.25, 0.3) is 0 Å². The van der Waals surface area contributed by atoms with E-state index in [0.717, 1.165) is 61.3 Å². The quantitative estimate of drug-likeness (QED) is 0.230. The Morgan fingerprint density at radius 1 is 1.16 bits per heavy atom. The van der Waals surface area contributed by atoms with Crippen molar-refractivity contribution in [3.05, 3.63) is 41.0 Å². The Kier molecular flexibility index (Phi) is 10.2. The molecule has 0 spiro atoms. The van der Waals surface area contributed by atoms with E-state index >= 15 is 0 Å². The van der Waals surface area contributed by atoms with Crippen LogP contribution in [-0.4, -0.2) is 39.9 Å². The van der Waals surface area contributed by atoms with Crippen LogP contribution in [0.1, 0.15) is 69.2 Å². The summed E-state index contributed by atoms with van der Waals surface area (Å²) >= 11 is 0. The first kappa shape index (κ1) is 26.4. The van der Waals surface area contributed by atoms with Crippen molar-refractivity contribution in [1.82, 2.24) is 25.4 Å². The number of aromatic nitrogens is 3. The molecule has 3 rings (SSSR count). The number of halogens is 1. The molecule has 1 aromatic carbocycles. The van der Waals surface area contributed by atoms with Crippen molar-refractivity contribution in [2.75, 3.05) is 13.6 Å². The third-order valence-corrected chi connectivity index (χ3v) is 5.36. The van der Waals surface area contributed by atoms with Crippen molar-refractivity contribution >= 4 is 29.9 Å². The summed E-state index contributed by atoms with van der Waals surface area (Å²) in [5.41, 5.74) is 2.08. The Labute approximate surface area is 209 Å². The molecule has 8 heteroatoms. The van der Waals surface area contributed by atoms with E-state index in [1.54, 1.807) is 7.05 Å². The zero-order chi connectivity index (χ0) is 22.3.